The summed E-state index contributed by atoms with van der Waals surface area (Å²) < 4.78 is 0. The quantitative estimate of drug-likeness (QED) is 0.622. The Kier molecular flexibility index (Phi) is 5.69. The molecule has 2 saturated heterocycles. The molecule has 1 aromatic carbocycles. The molecule has 2 fully saturated rings. The molecule has 2 aliphatic heterocycles. The lowest BCUT2D eigenvalue weighted by molar-refractivity contribution is -0.136. The summed E-state index contributed by atoms with van der Waals surface area (Å²) in [5.74, 6) is 0.773. The second-order valence-corrected chi connectivity index (χ2v) is 9.86. The van der Waals surface area contributed by atoms with E-state index >= 15 is 0 Å². The molecule has 1 unspecified atom stereocenters. The van der Waals surface area contributed by atoms with Gasteiger partial charge in [0.1, 0.15) is 0 Å². The number of rotatable bonds is 4. The van der Waals surface area contributed by atoms with E-state index in [0.29, 0.717) is 24.8 Å². The SMILES string of the molecule is Cc1cc(-c2[nH]c3ccc(C4CCN(C(=O)C5CNC(=O)C5)CC4)cc3c2C(C)C)ccn1. The summed E-state index contributed by atoms with van der Waals surface area (Å²) in [5.41, 5.74) is 7.24. The molecular formula is C27H32N4O2. The Hall–Kier alpha value is -3.15. The van der Waals surface area contributed by atoms with E-state index in [1.54, 1.807) is 0 Å². The molecule has 6 heteroatoms. The molecule has 0 spiro atoms. The number of pyridine rings is 1. The highest BCUT2D eigenvalue weighted by Gasteiger charge is 2.33. The van der Waals surface area contributed by atoms with Crippen LogP contribution in [0.25, 0.3) is 22.2 Å². The molecular weight excluding hydrogens is 412 g/mol. The van der Waals surface area contributed by atoms with Crippen LogP contribution in [0.15, 0.2) is 36.5 Å². The Morgan fingerprint density at radius 1 is 1.15 bits per heavy atom. The maximum Gasteiger partial charge on any atom is 0.227 e. The second-order valence-electron chi connectivity index (χ2n) is 9.86. The smallest absolute Gasteiger partial charge is 0.227 e. The molecule has 0 aliphatic carbocycles. The normalized spacial score (nSPS) is 19.5. The number of piperidine rings is 1. The van der Waals surface area contributed by atoms with Crippen LogP contribution >= 0.6 is 0 Å². The van der Waals surface area contributed by atoms with Crippen molar-refractivity contribution in [3.63, 3.8) is 0 Å². The van der Waals surface area contributed by atoms with Crippen molar-refractivity contribution < 1.29 is 9.59 Å². The number of likely N-dealkylation sites (tertiary alicyclic amines) is 1. The number of aromatic amines is 1. The van der Waals surface area contributed by atoms with Gasteiger partial charge in [-0.3, -0.25) is 14.6 Å². The predicted molar refractivity (Wildman–Crippen MR) is 130 cm³/mol. The van der Waals surface area contributed by atoms with E-state index < -0.39 is 0 Å². The molecule has 1 atom stereocenters. The summed E-state index contributed by atoms with van der Waals surface area (Å²) in [4.78, 5) is 34.2. The first-order valence-electron chi connectivity index (χ1n) is 12.0. The highest BCUT2D eigenvalue weighted by molar-refractivity contribution is 5.92. The van der Waals surface area contributed by atoms with Gasteiger partial charge in [0.05, 0.1) is 11.6 Å². The molecule has 0 radical (unpaired) electrons. The van der Waals surface area contributed by atoms with Crippen molar-refractivity contribution in [2.45, 2.75) is 51.9 Å². The highest BCUT2D eigenvalue weighted by atomic mass is 16.2. The van der Waals surface area contributed by atoms with Crippen LogP contribution in [-0.2, 0) is 9.59 Å². The van der Waals surface area contributed by atoms with Gasteiger partial charge in [0, 0.05) is 54.4 Å². The minimum atomic E-state index is -0.186. The van der Waals surface area contributed by atoms with E-state index in [9.17, 15) is 9.59 Å². The summed E-state index contributed by atoms with van der Waals surface area (Å²) in [7, 11) is 0. The van der Waals surface area contributed by atoms with Crippen LogP contribution in [0.5, 0.6) is 0 Å². The van der Waals surface area contributed by atoms with Crippen LogP contribution in [0.4, 0.5) is 0 Å². The van der Waals surface area contributed by atoms with Gasteiger partial charge in [0.2, 0.25) is 11.8 Å². The fourth-order valence-electron chi connectivity index (χ4n) is 5.48. The molecule has 3 aromatic rings. The lowest BCUT2D eigenvalue weighted by atomic mass is 9.87. The van der Waals surface area contributed by atoms with Crippen LogP contribution in [0.2, 0.25) is 0 Å². The van der Waals surface area contributed by atoms with Crippen LogP contribution in [0.3, 0.4) is 0 Å². The molecule has 0 saturated carbocycles. The fourth-order valence-corrected chi connectivity index (χ4v) is 5.48. The van der Waals surface area contributed by atoms with Crippen LogP contribution in [-0.4, -0.2) is 46.3 Å². The van der Waals surface area contributed by atoms with Gasteiger partial charge in [-0.1, -0.05) is 19.9 Å². The molecule has 2 aromatic heterocycles. The fraction of sp³-hybridized carbons (Fsp3) is 0.444. The Morgan fingerprint density at radius 2 is 1.94 bits per heavy atom. The average molecular weight is 445 g/mol. The molecule has 2 aliphatic rings. The number of benzene rings is 1. The van der Waals surface area contributed by atoms with Crippen LogP contribution < -0.4 is 5.32 Å². The van der Waals surface area contributed by atoms with Gasteiger partial charge in [-0.25, -0.2) is 0 Å². The summed E-state index contributed by atoms with van der Waals surface area (Å²) in [6.07, 6.45) is 4.13. The molecule has 6 nitrogen and oxygen atoms in total. The number of aromatic nitrogens is 2. The number of carbonyl (C=O) groups excluding carboxylic acids is 2. The highest BCUT2D eigenvalue weighted by Crippen LogP contribution is 2.38. The van der Waals surface area contributed by atoms with Crippen molar-refractivity contribution in [1.29, 1.82) is 0 Å². The number of aryl methyl sites for hydroxylation is 1. The number of H-pyrrole nitrogens is 1. The Labute approximate surface area is 194 Å². The second kappa shape index (κ2) is 8.65. The van der Waals surface area contributed by atoms with Gasteiger partial charge >= 0.3 is 0 Å². The van der Waals surface area contributed by atoms with Crippen molar-refractivity contribution in [1.82, 2.24) is 20.2 Å². The Bertz CT molecular complexity index is 1200. The summed E-state index contributed by atoms with van der Waals surface area (Å²) in [6, 6.07) is 11.0. The maximum absolute atomic E-state index is 12.8. The van der Waals surface area contributed by atoms with Crippen LogP contribution in [0, 0.1) is 12.8 Å². The summed E-state index contributed by atoms with van der Waals surface area (Å²) >= 11 is 0. The maximum atomic E-state index is 12.8. The van der Waals surface area contributed by atoms with E-state index in [-0.39, 0.29) is 17.7 Å². The molecule has 172 valence electrons. The standard InChI is InChI=1S/C27H32N4O2/c1-16(2)25-22-13-19(4-5-23(22)30-26(25)20-6-9-28-17(3)12-20)18-7-10-31(11-8-18)27(33)21-14-24(32)29-15-21/h4-6,9,12-13,16,18,21,30H,7-8,10-11,14-15H2,1-3H3,(H,29,32). The van der Waals surface area contributed by atoms with E-state index in [2.05, 4.69) is 59.5 Å². The topological polar surface area (TPSA) is 78.1 Å². The predicted octanol–water partition coefficient (Wildman–Crippen LogP) is 4.50. The first-order valence-corrected chi connectivity index (χ1v) is 12.0. The third-order valence-corrected chi connectivity index (χ3v) is 7.23. The summed E-state index contributed by atoms with van der Waals surface area (Å²) in [5, 5.41) is 4.07. The molecule has 33 heavy (non-hydrogen) atoms. The van der Waals surface area contributed by atoms with E-state index in [0.717, 1.165) is 37.1 Å². The van der Waals surface area contributed by atoms with Crippen molar-refractivity contribution in [2.24, 2.45) is 5.92 Å². The Balaban J connectivity index is 1.38. The Morgan fingerprint density at radius 3 is 2.61 bits per heavy atom. The lowest BCUT2D eigenvalue weighted by Crippen LogP contribution is -2.41. The van der Waals surface area contributed by atoms with Gasteiger partial charge in [-0.2, -0.15) is 0 Å². The number of carbonyl (C=O) groups is 2. The number of hydrogen-bond acceptors (Lipinski definition) is 3. The minimum Gasteiger partial charge on any atom is -0.355 e. The zero-order chi connectivity index (χ0) is 23.1. The number of nitrogens with zero attached hydrogens (tertiary/aromatic N) is 2. The van der Waals surface area contributed by atoms with Gasteiger partial charge in [-0.15, -0.1) is 0 Å². The number of amides is 2. The third kappa shape index (κ3) is 4.14. The molecule has 2 amide bonds. The van der Waals surface area contributed by atoms with E-state index in [1.165, 1.54) is 27.8 Å². The molecule has 5 rings (SSSR count). The first-order chi connectivity index (χ1) is 15.9. The molecule has 4 heterocycles. The zero-order valence-corrected chi connectivity index (χ0v) is 19.6. The third-order valence-electron chi connectivity index (χ3n) is 7.23. The average Bonchev–Trinajstić information content (AvgIpc) is 3.42. The molecule has 2 N–H and O–H groups in total. The van der Waals surface area contributed by atoms with Crippen LogP contribution in [0.1, 0.15) is 61.8 Å². The zero-order valence-electron chi connectivity index (χ0n) is 19.6. The number of hydrogen-bond donors (Lipinski definition) is 2. The van der Waals surface area contributed by atoms with E-state index in [4.69, 9.17) is 0 Å². The van der Waals surface area contributed by atoms with Crippen molar-refractivity contribution >= 4 is 22.7 Å². The lowest BCUT2D eigenvalue weighted by Gasteiger charge is -2.33. The van der Waals surface area contributed by atoms with Crippen molar-refractivity contribution in [3.8, 4) is 11.3 Å². The van der Waals surface area contributed by atoms with Gasteiger partial charge in [0.15, 0.2) is 0 Å². The monoisotopic (exact) mass is 444 g/mol. The van der Waals surface area contributed by atoms with Gasteiger partial charge in [-0.05, 0) is 67.0 Å². The first kappa shape index (κ1) is 21.7. The van der Waals surface area contributed by atoms with Gasteiger partial charge in [0.25, 0.3) is 0 Å². The number of fused-ring (bicyclic) bond motifs is 1. The number of nitrogens with one attached hydrogen (secondary N) is 2. The van der Waals surface area contributed by atoms with E-state index in [1.807, 2.05) is 18.0 Å². The minimum absolute atomic E-state index is 0.00899. The van der Waals surface area contributed by atoms with Crippen molar-refractivity contribution in [3.05, 3.63) is 53.3 Å². The summed E-state index contributed by atoms with van der Waals surface area (Å²) in [6.45, 7) is 8.53. The van der Waals surface area contributed by atoms with Gasteiger partial charge < -0.3 is 15.2 Å². The van der Waals surface area contributed by atoms with Crippen molar-refractivity contribution in [2.75, 3.05) is 19.6 Å². The largest absolute Gasteiger partial charge is 0.355 e. The molecule has 0 bridgehead atoms.